The average molecular weight is 522 g/mol. The number of benzene rings is 1. The molecule has 196 valence electrons. The first kappa shape index (κ1) is 24.6. The van der Waals surface area contributed by atoms with Gasteiger partial charge in [-0.15, -0.1) is 0 Å². The van der Waals surface area contributed by atoms with Gasteiger partial charge in [0.15, 0.2) is 11.5 Å². The summed E-state index contributed by atoms with van der Waals surface area (Å²) in [7, 11) is 0. The number of hydrazone groups is 1. The van der Waals surface area contributed by atoms with Gasteiger partial charge in [-0.3, -0.25) is 10.6 Å². The molecule has 4 aliphatic carbocycles. The highest BCUT2D eigenvalue weighted by atomic mass is 32.1. The molecule has 7 nitrogen and oxygen atoms in total. The van der Waals surface area contributed by atoms with Crippen molar-refractivity contribution in [1.29, 1.82) is 0 Å². The molecule has 2 saturated carbocycles. The monoisotopic (exact) mass is 521 g/mol. The van der Waals surface area contributed by atoms with Gasteiger partial charge in [-0.25, -0.2) is 5.48 Å². The van der Waals surface area contributed by atoms with Gasteiger partial charge in [-0.05, 0) is 111 Å². The Morgan fingerprint density at radius 2 is 2.03 bits per heavy atom. The van der Waals surface area contributed by atoms with E-state index in [4.69, 9.17) is 26.9 Å². The van der Waals surface area contributed by atoms with Crippen LogP contribution >= 0.6 is 12.2 Å². The molecule has 0 spiro atoms. The highest BCUT2D eigenvalue weighted by Crippen LogP contribution is 2.67. The zero-order valence-corrected chi connectivity index (χ0v) is 22.2. The molecule has 1 aromatic carbocycles. The van der Waals surface area contributed by atoms with E-state index in [1.807, 2.05) is 24.5 Å². The number of hydrogen-bond donors (Lipinski definition) is 4. The molecule has 37 heavy (non-hydrogen) atoms. The van der Waals surface area contributed by atoms with Gasteiger partial charge in [0.1, 0.15) is 0 Å². The predicted octanol–water partition coefficient (Wildman–Crippen LogP) is 5.26. The summed E-state index contributed by atoms with van der Waals surface area (Å²) >= 11 is 4.96. The van der Waals surface area contributed by atoms with Crippen molar-refractivity contribution >= 4 is 23.0 Å². The number of allylic oxidation sites excluding steroid dienone is 5. The molecule has 4 N–H and O–H groups in total. The summed E-state index contributed by atoms with van der Waals surface area (Å²) in [4.78, 5) is 0. The van der Waals surface area contributed by atoms with E-state index in [-0.39, 0.29) is 23.2 Å². The maximum atomic E-state index is 11.9. The van der Waals surface area contributed by atoms with Crippen molar-refractivity contribution < 1.29 is 19.8 Å². The average Bonchev–Trinajstić information content (AvgIpc) is 3.48. The van der Waals surface area contributed by atoms with Crippen LogP contribution in [0.3, 0.4) is 0 Å². The minimum Gasteiger partial charge on any atom is -0.454 e. The molecule has 0 radical (unpaired) electrons. The number of hydroxylamine groups is 1. The van der Waals surface area contributed by atoms with Crippen LogP contribution in [0.4, 0.5) is 0 Å². The molecule has 2 fully saturated rings. The van der Waals surface area contributed by atoms with Crippen molar-refractivity contribution in [3.63, 3.8) is 0 Å². The Morgan fingerprint density at radius 3 is 2.84 bits per heavy atom. The number of hydrogen-bond acceptors (Lipinski definition) is 6. The van der Waals surface area contributed by atoms with Crippen molar-refractivity contribution in [1.82, 2.24) is 10.9 Å². The number of thiocarbonyl (C=S) groups is 1. The second-order valence-electron chi connectivity index (χ2n) is 11.3. The number of nitrogens with zero attached hydrogens (tertiary/aromatic N) is 1. The summed E-state index contributed by atoms with van der Waals surface area (Å²) in [6.45, 7) is 4.60. The Bertz CT molecular complexity index is 1250. The maximum absolute atomic E-state index is 11.9. The van der Waals surface area contributed by atoms with Gasteiger partial charge in [0, 0.05) is 11.3 Å². The van der Waals surface area contributed by atoms with Crippen molar-refractivity contribution in [3.05, 3.63) is 58.7 Å². The Labute approximate surface area is 223 Å². The second-order valence-corrected chi connectivity index (χ2v) is 11.7. The molecular weight excluding hydrogens is 486 g/mol. The minimum absolute atomic E-state index is 0.0862. The fraction of sp³-hybridized carbons (Fsp3) is 0.517. The number of fused-ring (bicyclic) bond motifs is 5. The third kappa shape index (κ3) is 3.92. The van der Waals surface area contributed by atoms with Crippen molar-refractivity contribution in [3.8, 4) is 11.5 Å². The summed E-state index contributed by atoms with van der Waals surface area (Å²) in [5.41, 5.74) is 10.2. The zero-order chi connectivity index (χ0) is 25.8. The van der Waals surface area contributed by atoms with Crippen molar-refractivity contribution in [2.24, 2.45) is 22.4 Å². The highest BCUT2D eigenvalue weighted by Gasteiger charge is 2.62. The van der Waals surface area contributed by atoms with E-state index in [1.165, 1.54) is 16.7 Å². The first-order valence-electron chi connectivity index (χ1n) is 13.3. The second kappa shape index (κ2) is 9.26. The lowest BCUT2D eigenvalue weighted by atomic mass is 9.51. The third-order valence-electron chi connectivity index (χ3n) is 9.61. The van der Waals surface area contributed by atoms with E-state index in [2.05, 4.69) is 41.7 Å². The van der Waals surface area contributed by atoms with Crippen LogP contribution in [0.5, 0.6) is 11.5 Å². The smallest absolute Gasteiger partial charge is 0.231 e. The van der Waals surface area contributed by atoms with Crippen LogP contribution in [0.2, 0.25) is 0 Å². The lowest BCUT2D eigenvalue weighted by Crippen LogP contribution is -2.50. The Hall–Kier alpha value is -2.68. The lowest BCUT2D eigenvalue weighted by Gasteiger charge is -2.54. The third-order valence-corrected chi connectivity index (χ3v) is 9.79. The van der Waals surface area contributed by atoms with E-state index in [0.29, 0.717) is 11.8 Å². The van der Waals surface area contributed by atoms with E-state index >= 15 is 0 Å². The summed E-state index contributed by atoms with van der Waals surface area (Å²) in [5, 5.41) is 25.4. The molecule has 6 rings (SSSR count). The summed E-state index contributed by atoms with van der Waals surface area (Å²) in [5.74, 6) is 2.72. The Kier molecular flexibility index (Phi) is 6.17. The van der Waals surface area contributed by atoms with E-state index in [0.717, 1.165) is 62.2 Å². The number of ether oxygens (including phenoxy) is 2. The van der Waals surface area contributed by atoms with E-state index in [9.17, 15) is 5.11 Å². The Balaban J connectivity index is 1.45. The first-order chi connectivity index (χ1) is 17.9. The predicted molar refractivity (Wildman–Crippen MR) is 146 cm³/mol. The summed E-state index contributed by atoms with van der Waals surface area (Å²) in [6, 6.07) is 6.39. The molecule has 0 aromatic heterocycles. The lowest BCUT2D eigenvalue weighted by molar-refractivity contribution is -0.0583. The Morgan fingerprint density at radius 1 is 1.19 bits per heavy atom. The normalized spacial score (nSPS) is 35.2. The molecule has 1 heterocycles. The van der Waals surface area contributed by atoms with E-state index < -0.39 is 5.60 Å². The van der Waals surface area contributed by atoms with Gasteiger partial charge in [-0.2, -0.15) is 5.10 Å². The molecule has 0 bridgehead atoms. The van der Waals surface area contributed by atoms with Gasteiger partial charge in [0.25, 0.3) is 0 Å². The van der Waals surface area contributed by atoms with Crippen LogP contribution in [-0.4, -0.2) is 33.5 Å². The van der Waals surface area contributed by atoms with Gasteiger partial charge >= 0.3 is 0 Å². The highest BCUT2D eigenvalue weighted by molar-refractivity contribution is 7.80. The molecule has 5 aliphatic rings. The zero-order valence-electron chi connectivity index (χ0n) is 21.4. The quantitative estimate of drug-likeness (QED) is 0.245. The van der Waals surface area contributed by atoms with Crippen LogP contribution in [0, 0.1) is 17.3 Å². The van der Waals surface area contributed by atoms with Crippen LogP contribution in [0.1, 0.15) is 70.3 Å². The fourth-order valence-electron chi connectivity index (χ4n) is 7.92. The van der Waals surface area contributed by atoms with Gasteiger partial charge in [-0.1, -0.05) is 30.7 Å². The molecule has 8 heteroatoms. The first-order valence-corrected chi connectivity index (χ1v) is 13.7. The number of aliphatic hydroxyl groups is 1. The van der Waals surface area contributed by atoms with Crippen LogP contribution in [0.15, 0.2) is 58.2 Å². The molecule has 1 aliphatic heterocycles. The van der Waals surface area contributed by atoms with Gasteiger partial charge in [0.05, 0.1) is 11.3 Å². The van der Waals surface area contributed by atoms with Crippen LogP contribution < -0.4 is 20.4 Å². The number of nitrogens with one attached hydrogen (secondary N) is 2. The molecule has 1 aromatic rings. The van der Waals surface area contributed by atoms with Crippen LogP contribution in [-0.2, 0) is 0 Å². The summed E-state index contributed by atoms with van der Waals surface area (Å²) < 4.78 is 11.4. The van der Waals surface area contributed by atoms with Crippen LogP contribution in [0.25, 0.3) is 0 Å². The van der Waals surface area contributed by atoms with Gasteiger partial charge < -0.3 is 14.6 Å². The fourth-order valence-corrected chi connectivity index (χ4v) is 7.97. The van der Waals surface area contributed by atoms with Crippen molar-refractivity contribution in [2.75, 3.05) is 6.79 Å². The van der Waals surface area contributed by atoms with E-state index in [1.54, 1.807) is 5.57 Å². The van der Waals surface area contributed by atoms with Gasteiger partial charge in [0.2, 0.25) is 11.9 Å². The van der Waals surface area contributed by atoms with Crippen molar-refractivity contribution in [2.45, 2.75) is 70.3 Å². The molecular formula is C29H35N3O4S. The molecule has 5 atom stereocenters. The topological polar surface area (TPSA) is 95.3 Å². The minimum atomic E-state index is -0.787. The molecule has 0 unspecified atom stereocenters. The number of rotatable bonds is 3. The molecule has 0 saturated heterocycles. The molecule has 0 amide bonds. The SMILES string of the molecule is CC=C[C@]1(O)CC[C@H]2[C@@H]3CCC4=C/C(=N/NC(=S)NO)CCC4=C3[C@@H](c3ccc4c(c3)OCO4)C[C@@]21C. The largest absolute Gasteiger partial charge is 0.454 e. The standard InChI is InChI=1S/C29H35N3O4S/c1-3-11-29(33)12-10-23-21-7-4-17-13-19(30-31-27(37)32-34)6-8-20(17)26(21)22(15-28(23,29)2)18-5-9-24-25(14-18)36-16-35-24/h3,5,9,11,13-14,21-23,33-34H,4,6-8,10,12,15-16H2,1-2H3,(H2,31,32,37)/b11-3?,30-19+/t21-,22+,23-,28-,29-/m0/s1. The maximum Gasteiger partial charge on any atom is 0.231 e. The summed E-state index contributed by atoms with van der Waals surface area (Å²) in [6.07, 6.45) is 12.9.